The Labute approximate surface area is 60.9 Å². The molecule has 0 fully saturated rings. The van der Waals surface area contributed by atoms with E-state index in [9.17, 15) is 0 Å². The van der Waals surface area contributed by atoms with E-state index in [2.05, 4.69) is 4.98 Å². The lowest BCUT2D eigenvalue weighted by molar-refractivity contribution is 1.16. The van der Waals surface area contributed by atoms with Gasteiger partial charge in [-0.3, -0.25) is 4.98 Å². The summed E-state index contributed by atoms with van der Waals surface area (Å²) in [6, 6.07) is 5.43. The fourth-order valence-electron chi connectivity index (χ4n) is 0.611. The molecule has 2 nitrogen and oxygen atoms in total. The SMILES string of the molecule is [B]Cc1ccc(C#N)cn1. The topological polar surface area (TPSA) is 36.7 Å². The van der Waals surface area contributed by atoms with E-state index in [1.807, 2.05) is 6.07 Å². The fourth-order valence-corrected chi connectivity index (χ4v) is 0.611. The van der Waals surface area contributed by atoms with Gasteiger partial charge in [0.1, 0.15) is 6.07 Å². The maximum absolute atomic E-state index is 8.38. The van der Waals surface area contributed by atoms with E-state index in [4.69, 9.17) is 13.1 Å². The molecule has 0 atom stereocenters. The van der Waals surface area contributed by atoms with Crippen LogP contribution in [0.4, 0.5) is 0 Å². The molecule has 0 aliphatic carbocycles. The van der Waals surface area contributed by atoms with Gasteiger partial charge >= 0.3 is 0 Å². The monoisotopic (exact) mass is 128 g/mol. The van der Waals surface area contributed by atoms with Crippen LogP contribution in [0.5, 0.6) is 0 Å². The number of rotatable bonds is 1. The molecular weight excluding hydrogens is 123 g/mol. The molecular formula is C7H5BN2. The van der Waals surface area contributed by atoms with Crippen molar-refractivity contribution in [3.05, 3.63) is 29.6 Å². The third-order valence-electron chi connectivity index (χ3n) is 1.16. The highest BCUT2D eigenvalue weighted by Gasteiger charge is 1.89. The molecule has 10 heavy (non-hydrogen) atoms. The Balaban J connectivity index is 2.93. The van der Waals surface area contributed by atoms with Crippen molar-refractivity contribution in [3.8, 4) is 6.07 Å². The van der Waals surface area contributed by atoms with E-state index >= 15 is 0 Å². The summed E-state index contributed by atoms with van der Waals surface area (Å²) < 4.78 is 0. The molecule has 46 valence electrons. The average Bonchev–Trinajstić information content (AvgIpc) is 2.05. The molecule has 0 amide bonds. The summed E-state index contributed by atoms with van der Waals surface area (Å²) in [4.78, 5) is 3.92. The Kier molecular flexibility index (Phi) is 2.06. The minimum Gasteiger partial charge on any atom is -0.261 e. The number of hydrogen-bond donors (Lipinski definition) is 0. The van der Waals surface area contributed by atoms with Crippen LogP contribution in [-0.2, 0) is 6.32 Å². The van der Waals surface area contributed by atoms with Crippen LogP contribution in [0, 0.1) is 11.3 Å². The van der Waals surface area contributed by atoms with Gasteiger partial charge in [0.25, 0.3) is 0 Å². The van der Waals surface area contributed by atoms with E-state index in [1.54, 1.807) is 12.1 Å². The minimum absolute atomic E-state index is 0.422. The van der Waals surface area contributed by atoms with Crippen LogP contribution in [0.15, 0.2) is 18.3 Å². The first-order valence-corrected chi connectivity index (χ1v) is 2.92. The number of pyridine rings is 1. The van der Waals surface area contributed by atoms with E-state index in [1.165, 1.54) is 6.20 Å². The van der Waals surface area contributed by atoms with Crippen molar-refractivity contribution in [2.75, 3.05) is 0 Å². The molecule has 0 saturated carbocycles. The molecule has 3 heteroatoms. The molecule has 0 spiro atoms. The molecule has 0 bridgehead atoms. The van der Waals surface area contributed by atoms with Gasteiger partial charge in [-0.25, -0.2) is 0 Å². The first kappa shape index (κ1) is 6.82. The highest BCUT2D eigenvalue weighted by molar-refractivity contribution is 6.08. The van der Waals surface area contributed by atoms with E-state index < -0.39 is 0 Å². The molecule has 0 aromatic carbocycles. The van der Waals surface area contributed by atoms with Gasteiger partial charge in [-0.1, -0.05) is 0 Å². The normalized spacial score (nSPS) is 8.70. The minimum atomic E-state index is 0.422. The Morgan fingerprint density at radius 1 is 1.60 bits per heavy atom. The number of hydrogen-bond acceptors (Lipinski definition) is 2. The Bertz CT molecular complexity index is 247. The van der Waals surface area contributed by atoms with Gasteiger partial charge in [0.15, 0.2) is 0 Å². The molecule has 1 aromatic rings. The van der Waals surface area contributed by atoms with Crippen LogP contribution >= 0.6 is 0 Å². The summed E-state index contributed by atoms with van der Waals surface area (Å²) in [6.45, 7) is 0. The van der Waals surface area contributed by atoms with Gasteiger partial charge in [-0.05, 0) is 18.5 Å². The highest BCUT2D eigenvalue weighted by Crippen LogP contribution is 1.97. The van der Waals surface area contributed by atoms with E-state index in [0.717, 1.165) is 5.69 Å². The van der Waals surface area contributed by atoms with Gasteiger partial charge in [0, 0.05) is 11.9 Å². The second kappa shape index (κ2) is 3.02. The van der Waals surface area contributed by atoms with Crippen molar-refractivity contribution in [1.29, 1.82) is 5.26 Å². The van der Waals surface area contributed by atoms with Crippen molar-refractivity contribution >= 4 is 7.85 Å². The van der Waals surface area contributed by atoms with Crippen LogP contribution in [0.3, 0.4) is 0 Å². The predicted octanol–water partition coefficient (Wildman–Crippen LogP) is 0.622. The largest absolute Gasteiger partial charge is 0.261 e. The Morgan fingerprint density at radius 3 is 2.80 bits per heavy atom. The Morgan fingerprint density at radius 2 is 2.40 bits per heavy atom. The summed E-state index contributed by atoms with van der Waals surface area (Å²) in [5.74, 6) is 0. The van der Waals surface area contributed by atoms with Crippen LogP contribution in [0.2, 0.25) is 0 Å². The molecule has 0 N–H and O–H groups in total. The zero-order valence-electron chi connectivity index (χ0n) is 5.41. The van der Waals surface area contributed by atoms with Crippen molar-refractivity contribution in [1.82, 2.24) is 4.98 Å². The second-order valence-corrected chi connectivity index (χ2v) is 1.85. The first-order chi connectivity index (χ1) is 4.86. The van der Waals surface area contributed by atoms with Gasteiger partial charge in [-0.15, -0.1) is 0 Å². The summed E-state index contributed by atoms with van der Waals surface area (Å²) in [7, 11) is 5.30. The summed E-state index contributed by atoms with van der Waals surface area (Å²) in [5.41, 5.74) is 1.37. The number of nitrogens with zero attached hydrogens (tertiary/aromatic N) is 2. The third kappa shape index (κ3) is 1.35. The molecule has 1 heterocycles. The predicted molar refractivity (Wildman–Crippen MR) is 38.4 cm³/mol. The molecule has 0 aliphatic heterocycles. The van der Waals surface area contributed by atoms with Crippen LogP contribution in [-0.4, -0.2) is 12.8 Å². The molecule has 2 radical (unpaired) electrons. The van der Waals surface area contributed by atoms with Crippen LogP contribution in [0.25, 0.3) is 0 Å². The second-order valence-electron chi connectivity index (χ2n) is 1.85. The standard InChI is InChI=1S/C7H5BN2/c8-3-7-2-1-6(4-9)5-10-7/h1-2,5H,3H2. The molecule has 0 saturated heterocycles. The van der Waals surface area contributed by atoms with Crippen molar-refractivity contribution in [3.63, 3.8) is 0 Å². The van der Waals surface area contributed by atoms with Gasteiger partial charge in [-0.2, -0.15) is 5.26 Å². The lowest BCUT2D eigenvalue weighted by atomic mass is 10.0. The fraction of sp³-hybridized carbons (Fsp3) is 0.143. The lowest BCUT2D eigenvalue weighted by Crippen LogP contribution is -1.88. The van der Waals surface area contributed by atoms with Gasteiger partial charge in [0.05, 0.1) is 13.4 Å². The smallest absolute Gasteiger partial charge is 0.101 e. The third-order valence-corrected chi connectivity index (χ3v) is 1.16. The molecule has 0 unspecified atom stereocenters. The lowest BCUT2D eigenvalue weighted by Gasteiger charge is -1.92. The Hall–Kier alpha value is -1.30. The van der Waals surface area contributed by atoms with Crippen molar-refractivity contribution < 1.29 is 0 Å². The van der Waals surface area contributed by atoms with Gasteiger partial charge in [0.2, 0.25) is 0 Å². The van der Waals surface area contributed by atoms with E-state index in [-0.39, 0.29) is 0 Å². The maximum atomic E-state index is 8.38. The quantitative estimate of drug-likeness (QED) is 0.519. The van der Waals surface area contributed by atoms with Crippen molar-refractivity contribution in [2.45, 2.75) is 6.32 Å². The maximum Gasteiger partial charge on any atom is 0.101 e. The van der Waals surface area contributed by atoms with Crippen LogP contribution < -0.4 is 0 Å². The van der Waals surface area contributed by atoms with Crippen molar-refractivity contribution in [2.24, 2.45) is 0 Å². The van der Waals surface area contributed by atoms with Gasteiger partial charge < -0.3 is 0 Å². The summed E-state index contributed by atoms with van der Waals surface area (Å²) in [6.07, 6.45) is 1.94. The van der Waals surface area contributed by atoms with E-state index in [0.29, 0.717) is 11.9 Å². The van der Waals surface area contributed by atoms with Crippen LogP contribution in [0.1, 0.15) is 11.3 Å². The summed E-state index contributed by atoms with van der Waals surface area (Å²) >= 11 is 0. The number of nitriles is 1. The summed E-state index contributed by atoms with van der Waals surface area (Å²) in [5, 5.41) is 8.38. The average molecular weight is 128 g/mol. The molecule has 0 aliphatic rings. The zero-order chi connectivity index (χ0) is 7.40. The molecule has 1 aromatic heterocycles. The number of aromatic nitrogens is 1. The zero-order valence-corrected chi connectivity index (χ0v) is 5.41. The first-order valence-electron chi connectivity index (χ1n) is 2.92. The molecule has 1 rings (SSSR count). The highest BCUT2D eigenvalue weighted by atomic mass is 14.7.